The summed E-state index contributed by atoms with van der Waals surface area (Å²) >= 11 is 0. The summed E-state index contributed by atoms with van der Waals surface area (Å²) in [6, 6.07) is 0.843. The molecule has 0 spiro atoms. The van der Waals surface area contributed by atoms with Crippen LogP contribution >= 0.6 is 0 Å². The summed E-state index contributed by atoms with van der Waals surface area (Å²) in [5.41, 5.74) is -0.164. The number of nitrogens with zero attached hydrogens (tertiary/aromatic N) is 6. The third-order valence-electron chi connectivity index (χ3n) is 13.8. The first kappa shape index (κ1) is 42.3. The van der Waals surface area contributed by atoms with E-state index in [0.29, 0.717) is 54.2 Å². The van der Waals surface area contributed by atoms with Crippen molar-refractivity contribution in [3.8, 4) is 0 Å². The third kappa shape index (κ3) is 11.9. The highest BCUT2D eigenvalue weighted by molar-refractivity contribution is 5.44. The molecule has 6 aliphatic rings. The SMILES string of the molecule is CCCC(Nc1nc(NC2CCN(OC3CCCCC3)CC2)nc(NC2CCN(OC3CCCCC3)CC2)n1)C1CC(C)(C)N(OC2CCCCC2)C(C)(C)C1. The van der Waals surface area contributed by atoms with Crippen LogP contribution in [0.5, 0.6) is 0 Å². The van der Waals surface area contributed by atoms with Gasteiger partial charge in [-0.25, -0.2) is 0 Å². The van der Waals surface area contributed by atoms with Crippen LogP contribution in [-0.2, 0) is 14.5 Å². The molecule has 3 saturated heterocycles. The van der Waals surface area contributed by atoms with Crippen molar-refractivity contribution in [1.82, 2.24) is 30.1 Å². The predicted molar refractivity (Wildman–Crippen MR) is 225 cm³/mol. The molecule has 1 atom stereocenters. The first-order chi connectivity index (χ1) is 27.1. The number of piperidine rings is 3. The second-order valence-corrected chi connectivity index (χ2v) is 19.7. The molecule has 1 aromatic rings. The van der Waals surface area contributed by atoms with E-state index in [9.17, 15) is 0 Å². The van der Waals surface area contributed by atoms with Crippen molar-refractivity contribution < 1.29 is 14.5 Å². The minimum absolute atomic E-state index is 0.0821. The highest BCUT2D eigenvalue weighted by Crippen LogP contribution is 2.45. The summed E-state index contributed by atoms with van der Waals surface area (Å²) in [5, 5.41) is 18.3. The lowest BCUT2D eigenvalue weighted by molar-refractivity contribution is -0.314. The van der Waals surface area contributed by atoms with Crippen molar-refractivity contribution >= 4 is 17.8 Å². The van der Waals surface area contributed by atoms with Crippen molar-refractivity contribution in [2.24, 2.45) is 5.92 Å². The lowest BCUT2D eigenvalue weighted by Gasteiger charge is -2.56. The highest BCUT2D eigenvalue weighted by atomic mass is 16.7. The molecule has 3 N–H and O–H groups in total. The van der Waals surface area contributed by atoms with Gasteiger partial charge in [-0.2, -0.15) is 30.1 Å². The van der Waals surface area contributed by atoms with Crippen LogP contribution in [0, 0.1) is 5.92 Å². The second kappa shape index (κ2) is 19.9. The van der Waals surface area contributed by atoms with Gasteiger partial charge in [-0.3, -0.25) is 14.5 Å². The lowest BCUT2D eigenvalue weighted by Crippen LogP contribution is -2.63. The van der Waals surface area contributed by atoms with E-state index >= 15 is 0 Å². The van der Waals surface area contributed by atoms with Crippen LogP contribution in [-0.4, -0.2) is 104 Å². The summed E-state index contributed by atoms with van der Waals surface area (Å²) in [4.78, 5) is 34.9. The summed E-state index contributed by atoms with van der Waals surface area (Å²) in [6.07, 6.45) is 28.4. The van der Waals surface area contributed by atoms with E-state index < -0.39 is 0 Å². The second-order valence-electron chi connectivity index (χ2n) is 19.7. The minimum atomic E-state index is -0.0821. The van der Waals surface area contributed by atoms with E-state index in [1.807, 2.05) is 0 Å². The average molecular weight is 782 g/mol. The van der Waals surface area contributed by atoms with Gasteiger partial charge in [0, 0.05) is 55.4 Å². The molecule has 0 amide bonds. The van der Waals surface area contributed by atoms with Gasteiger partial charge in [0.25, 0.3) is 0 Å². The third-order valence-corrected chi connectivity index (χ3v) is 13.8. The van der Waals surface area contributed by atoms with Crippen LogP contribution in [0.1, 0.15) is 182 Å². The highest BCUT2D eigenvalue weighted by Gasteiger charge is 2.49. The predicted octanol–water partition coefficient (Wildman–Crippen LogP) is 9.27. The molecule has 6 fully saturated rings. The van der Waals surface area contributed by atoms with E-state index in [4.69, 9.17) is 29.5 Å². The standard InChI is InChI=1S/C44H79N9O3/c1-6-16-39(33-31-43(2,3)53(44(4,5)32-33)56-38-21-14-9-15-22-38)47-42-49-40(45-34-23-27-51(28-24-34)54-36-17-10-7-11-18-36)48-41(50-42)46-35-25-29-52(30-26-35)55-37-19-12-8-13-20-37/h33-39H,6-32H2,1-5H3,(H3,45,46,47,48,49,50). The maximum atomic E-state index is 6.88. The van der Waals surface area contributed by atoms with Gasteiger partial charge in [0.2, 0.25) is 17.8 Å². The van der Waals surface area contributed by atoms with Gasteiger partial charge in [-0.15, -0.1) is 0 Å². The Hall–Kier alpha value is -1.83. The zero-order valence-corrected chi connectivity index (χ0v) is 36.0. The van der Waals surface area contributed by atoms with Crippen LogP contribution in [0.15, 0.2) is 0 Å². The minimum Gasteiger partial charge on any atom is -0.351 e. The summed E-state index contributed by atoms with van der Waals surface area (Å²) < 4.78 is 0. The van der Waals surface area contributed by atoms with Gasteiger partial charge >= 0.3 is 0 Å². The summed E-state index contributed by atoms with van der Waals surface area (Å²) in [6.45, 7) is 15.6. The molecule has 3 saturated carbocycles. The van der Waals surface area contributed by atoms with E-state index in [-0.39, 0.29) is 17.1 Å². The van der Waals surface area contributed by atoms with Crippen molar-refractivity contribution in [3.05, 3.63) is 0 Å². The van der Waals surface area contributed by atoms with E-state index in [0.717, 1.165) is 77.5 Å². The van der Waals surface area contributed by atoms with Crippen LogP contribution in [0.25, 0.3) is 0 Å². The van der Waals surface area contributed by atoms with Gasteiger partial charge in [-0.05, 0) is 117 Å². The monoisotopic (exact) mass is 782 g/mol. The molecule has 1 aromatic heterocycles. The van der Waals surface area contributed by atoms with E-state index in [1.165, 1.54) is 96.3 Å². The normalized spacial score (nSPS) is 26.9. The maximum Gasteiger partial charge on any atom is 0.229 e. The number of anilines is 3. The van der Waals surface area contributed by atoms with Crippen molar-refractivity contribution in [2.75, 3.05) is 42.1 Å². The van der Waals surface area contributed by atoms with Gasteiger partial charge in [0.05, 0.1) is 18.3 Å². The number of hydrogen-bond acceptors (Lipinski definition) is 12. The fraction of sp³-hybridized carbons (Fsp3) is 0.932. The summed E-state index contributed by atoms with van der Waals surface area (Å²) in [7, 11) is 0. The molecule has 4 heterocycles. The molecule has 0 aromatic carbocycles. The van der Waals surface area contributed by atoms with Gasteiger partial charge in [-0.1, -0.05) is 71.1 Å². The first-order valence-corrected chi connectivity index (χ1v) is 23.5. The van der Waals surface area contributed by atoms with Crippen LogP contribution in [0.4, 0.5) is 17.8 Å². The molecular weight excluding hydrogens is 703 g/mol. The molecule has 3 aliphatic carbocycles. The largest absolute Gasteiger partial charge is 0.351 e. The van der Waals surface area contributed by atoms with Crippen molar-refractivity contribution in [2.45, 2.75) is 230 Å². The van der Waals surface area contributed by atoms with E-state index in [2.05, 4.69) is 65.8 Å². The molecule has 3 aliphatic heterocycles. The number of aromatic nitrogens is 3. The fourth-order valence-corrected chi connectivity index (χ4v) is 11.0. The first-order valence-electron chi connectivity index (χ1n) is 23.5. The zero-order chi connectivity index (χ0) is 39.0. The Kier molecular flexibility index (Phi) is 15.1. The van der Waals surface area contributed by atoms with Gasteiger partial charge < -0.3 is 16.0 Å². The topological polar surface area (TPSA) is 112 Å². The Bertz CT molecular complexity index is 1240. The Balaban J connectivity index is 1.02. The molecule has 12 nitrogen and oxygen atoms in total. The molecule has 1 unspecified atom stereocenters. The Morgan fingerprint density at radius 3 is 1.36 bits per heavy atom. The lowest BCUT2D eigenvalue weighted by atomic mass is 9.71. The maximum absolute atomic E-state index is 6.88. The molecule has 318 valence electrons. The number of nitrogens with one attached hydrogen (secondary N) is 3. The fourth-order valence-electron chi connectivity index (χ4n) is 11.0. The molecule has 7 rings (SSSR count). The van der Waals surface area contributed by atoms with E-state index in [1.54, 1.807) is 0 Å². The number of hydrogen-bond donors (Lipinski definition) is 3. The Morgan fingerprint density at radius 2 is 0.946 bits per heavy atom. The Labute approximate surface area is 339 Å². The van der Waals surface area contributed by atoms with Gasteiger partial charge in [0.15, 0.2) is 0 Å². The Morgan fingerprint density at radius 1 is 0.554 bits per heavy atom. The van der Waals surface area contributed by atoms with Crippen LogP contribution < -0.4 is 16.0 Å². The molecule has 0 bridgehead atoms. The van der Waals surface area contributed by atoms with Crippen LogP contribution in [0.3, 0.4) is 0 Å². The van der Waals surface area contributed by atoms with Crippen molar-refractivity contribution in [1.29, 1.82) is 0 Å². The average Bonchev–Trinajstić information content (AvgIpc) is 3.18. The smallest absolute Gasteiger partial charge is 0.229 e. The molecule has 56 heavy (non-hydrogen) atoms. The quantitative estimate of drug-likeness (QED) is 0.158. The van der Waals surface area contributed by atoms with Crippen LogP contribution in [0.2, 0.25) is 0 Å². The number of hydroxylamine groups is 6. The molecule has 0 radical (unpaired) electrons. The van der Waals surface area contributed by atoms with Gasteiger partial charge in [0.1, 0.15) is 0 Å². The molecule has 12 heteroatoms. The summed E-state index contributed by atoms with van der Waals surface area (Å²) in [5.74, 6) is 2.47. The zero-order valence-electron chi connectivity index (χ0n) is 36.0. The molecular formula is C44H79N9O3. The number of rotatable bonds is 15. The van der Waals surface area contributed by atoms with Crippen molar-refractivity contribution in [3.63, 3.8) is 0 Å².